The monoisotopic (exact) mass is 396 g/mol. The van der Waals surface area contributed by atoms with Gasteiger partial charge in [0, 0.05) is 37.9 Å². The molecule has 3 aliphatic rings. The average molecular weight is 397 g/mol. The molecule has 156 valence electrons. The van der Waals surface area contributed by atoms with Crippen molar-refractivity contribution < 1.29 is 4.79 Å². The van der Waals surface area contributed by atoms with Crippen LogP contribution in [0.15, 0.2) is 18.6 Å². The van der Waals surface area contributed by atoms with E-state index in [4.69, 9.17) is 0 Å². The molecule has 2 aromatic heterocycles. The molecule has 4 heterocycles. The van der Waals surface area contributed by atoms with E-state index in [1.807, 2.05) is 12.3 Å². The molecule has 2 aliphatic heterocycles. The number of hydrogen-bond acceptors (Lipinski definition) is 5. The Bertz CT molecular complexity index is 845. The lowest BCUT2D eigenvalue weighted by Crippen LogP contribution is -2.59. The Morgan fingerprint density at radius 2 is 1.86 bits per heavy atom. The van der Waals surface area contributed by atoms with E-state index < -0.39 is 0 Å². The Morgan fingerprint density at radius 1 is 1.00 bits per heavy atom. The summed E-state index contributed by atoms with van der Waals surface area (Å²) in [6.45, 7) is 2.74. The second-order valence-electron chi connectivity index (χ2n) is 8.91. The van der Waals surface area contributed by atoms with Gasteiger partial charge in [-0.05, 0) is 44.6 Å². The number of amides is 1. The number of aromatic nitrogens is 3. The van der Waals surface area contributed by atoms with Crippen molar-refractivity contribution in [1.29, 1.82) is 0 Å². The molecule has 1 aliphatic carbocycles. The Kier molecular flexibility index (Phi) is 5.40. The van der Waals surface area contributed by atoms with E-state index in [0.717, 1.165) is 62.2 Å². The quantitative estimate of drug-likeness (QED) is 0.831. The van der Waals surface area contributed by atoms with E-state index in [2.05, 4.69) is 30.1 Å². The highest BCUT2D eigenvalue weighted by atomic mass is 16.2. The van der Waals surface area contributed by atoms with Crippen LogP contribution in [0.5, 0.6) is 0 Å². The number of fused-ring (bicyclic) bond motifs is 1. The molecule has 2 saturated heterocycles. The largest absolute Gasteiger partial charge is 0.354 e. The lowest BCUT2D eigenvalue weighted by atomic mass is 9.92. The third-order valence-corrected chi connectivity index (χ3v) is 6.98. The van der Waals surface area contributed by atoms with Crippen LogP contribution in [0.2, 0.25) is 0 Å². The second kappa shape index (κ2) is 8.30. The second-order valence-corrected chi connectivity index (χ2v) is 8.91. The molecule has 1 amide bonds. The molecule has 2 aromatic rings. The number of carbonyl (C=O) groups excluding carboxylic acids is 1. The van der Waals surface area contributed by atoms with Gasteiger partial charge in [0.25, 0.3) is 0 Å². The van der Waals surface area contributed by atoms with E-state index in [9.17, 15) is 4.79 Å². The molecule has 0 bridgehead atoms. The van der Waals surface area contributed by atoms with Crippen molar-refractivity contribution in [3.63, 3.8) is 0 Å². The average Bonchev–Trinajstić information content (AvgIpc) is 3.25. The van der Waals surface area contributed by atoms with Crippen LogP contribution in [0.3, 0.4) is 0 Å². The summed E-state index contributed by atoms with van der Waals surface area (Å²) in [5.41, 5.74) is 0.878. The fraction of sp³-hybridized carbons (Fsp3) is 0.682. The number of nitrogens with one attached hydrogen (secondary N) is 2. The highest BCUT2D eigenvalue weighted by molar-refractivity contribution is 5.87. The predicted molar refractivity (Wildman–Crippen MR) is 114 cm³/mol. The van der Waals surface area contributed by atoms with Crippen molar-refractivity contribution >= 4 is 22.8 Å². The van der Waals surface area contributed by atoms with E-state index in [0.29, 0.717) is 11.9 Å². The minimum absolute atomic E-state index is 0.0117. The molecule has 0 aromatic carbocycles. The molecule has 7 nitrogen and oxygen atoms in total. The van der Waals surface area contributed by atoms with Gasteiger partial charge in [-0.3, -0.25) is 4.79 Å². The molecule has 0 spiro atoms. The van der Waals surface area contributed by atoms with Crippen LogP contribution in [0, 0.1) is 0 Å². The van der Waals surface area contributed by atoms with Gasteiger partial charge in [-0.1, -0.05) is 19.3 Å². The highest BCUT2D eigenvalue weighted by Crippen LogP contribution is 2.28. The predicted octanol–water partition coefficient (Wildman–Crippen LogP) is 2.84. The first kappa shape index (κ1) is 18.9. The number of hydrogen-bond donors (Lipinski definition) is 2. The summed E-state index contributed by atoms with van der Waals surface area (Å²) >= 11 is 0. The Balaban J connectivity index is 1.28. The summed E-state index contributed by atoms with van der Waals surface area (Å²) in [7, 11) is 0. The molecule has 29 heavy (non-hydrogen) atoms. The van der Waals surface area contributed by atoms with Crippen LogP contribution in [0.4, 0.5) is 5.82 Å². The van der Waals surface area contributed by atoms with Crippen molar-refractivity contribution in [3.05, 3.63) is 18.6 Å². The van der Waals surface area contributed by atoms with Crippen LogP contribution in [0.25, 0.3) is 11.0 Å². The zero-order chi connectivity index (χ0) is 19.6. The Hall–Kier alpha value is -2.15. The number of carbonyl (C=O) groups is 1. The van der Waals surface area contributed by atoms with Crippen LogP contribution in [-0.4, -0.2) is 63.5 Å². The lowest BCUT2D eigenvalue weighted by molar-refractivity contribution is -0.139. The Morgan fingerprint density at radius 3 is 2.76 bits per heavy atom. The Labute approximate surface area is 172 Å². The summed E-state index contributed by atoms with van der Waals surface area (Å²) in [4.78, 5) is 29.9. The maximum absolute atomic E-state index is 13.3. The molecule has 2 N–H and O–H groups in total. The van der Waals surface area contributed by atoms with Crippen molar-refractivity contribution in [2.24, 2.45) is 0 Å². The summed E-state index contributed by atoms with van der Waals surface area (Å²) < 4.78 is 0. The smallest absolute Gasteiger partial charge is 0.240 e. The molecule has 3 fully saturated rings. The maximum atomic E-state index is 13.3. The lowest BCUT2D eigenvalue weighted by Gasteiger charge is -2.44. The van der Waals surface area contributed by atoms with E-state index in [-0.39, 0.29) is 12.1 Å². The van der Waals surface area contributed by atoms with Gasteiger partial charge in [0.15, 0.2) is 0 Å². The third kappa shape index (κ3) is 3.84. The van der Waals surface area contributed by atoms with Crippen molar-refractivity contribution in [1.82, 2.24) is 25.2 Å². The van der Waals surface area contributed by atoms with Crippen LogP contribution < -0.4 is 10.2 Å². The molecule has 0 radical (unpaired) electrons. The molecule has 2 atom stereocenters. The van der Waals surface area contributed by atoms with E-state index >= 15 is 0 Å². The van der Waals surface area contributed by atoms with Gasteiger partial charge in [0.1, 0.15) is 17.8 Å². The van der Waals surface area contributed by atoms with Crippen LogP contribution in [0.1, 0.15) is 57.8 Å². The molecular weight excluding hydrogens is 364 g/mol. The van der Waals surface area contributed by atoms with Gasteiger partial charge in [-0.2, -0.15) is 0 Å². The van der Waals surface area contributed by atoms with Crippen molar-refractivity contribution in [3.8, 4) is 0 Å². The molecule has 2 unspecified atom stereocenters. The number of aromatic amines is 1. The zero-order valence-corrected chi connectivity index (χ0v) is 17.1. The fourth-order valence-electron chi connectivity index (χ4n) is 5.48. The SMILES string of the molecule is O=C1C(NC2CCCCC2)CCCN1C1CCCN(c2ncnc3[nH]ccc23)C1. The minimum atomic E-state index is 0.0117. The van der Waals surface area contributed by atoms with Gasteiger partial charge < -0.3 is 20.1 Å². The summed E-state index contributed by atoms with van der Waals surface area (Å²) in [6, 6.07) is 2.86. The van der Waals surface area contributed by atoms with E-state index in [1.165, 1.54) is 32.1 Å². The normalized spacial score (nSPS) is 27.0. The van der Waals surface area contributed by atoms with Gasteiger partial charge >= 0.3 is 0 Å². The number of rotatable bonds is 4. The van der Waals surface area contributed by atoms with Gasteiger partial charge in [-0.25, -0.2) is 9.97 Å². The van der Waals surface area contributed by atoms with Crippen LogP contribution in [-0.2, 0) is 4.79 Å². The van der Waals surface area contributed by atoms with E-state index in [1.54, 1.807) is 6.33 Å². The number of anilines is 1. The first-order valence-electron chi connectivity index (χ1n) is 11.4. The number of likely N-dealkylation sites (tertiary alicyclic amines) is 1. The van der Waals surface area contributed by atoms with Gasteiger partial charge in [0.2, 0.25) is 5.91 Å². The summed E-state index contributed by atoms with van der Waals surface area (Å²) in [5.74, 6) is 1.31. The fourth-order valence-corrected chi connectivity index (χ4v) is 5.48. The third-order valence-electron chi connectivity index (χ3n) is 6.98. The number of piperidine rings is 2. The topological polar surface area (TPSA) is 77.2 Å². The first-order valence-corrected chi connectivity index (χ1v) is 11.4. The van der Waals surface area contributed by atoms with Gasteiger partial charge in [0.05, 0.1) is 11.4 Å². The molecule has 1 saturated carbocycles. The summed E-state index contributed by atoms with van der Waals surface area (Å²) in [5, 5.41) is 4.78. The number of H-pyrrole nitrogens is 1. The molecular formula is C22H32N6O. The standard InChI is InChI=1S/C22H32N6O/c29-22-19(26-16-6-2-1-3-7-16)9-5-13-28(22)17-8-4-12-27(14-17)21-18-10-11-23-20(18)24-15-25-21/h10-11,15-17,19,26H,1-9,12-14H2,(H,23,24,25). The number of nitrogens with zero attached hydrogens (tertiary/aromatic N) is 4. The van der Waals surface area contributed by atoms with Crippen molar-refractivity contribution in [2.45, 2.75) is 75.9 Å². The minimum Gasteiger partial charge on any atom is -0.354 e. The van der Waals surface area contributed by atoms with Crippen molar-refractivity contribution in [2.75, 3.05) is 24.5 Å². The summed E-state index contributed by atoms with van der Waals surface area (Å²) in [6.07, 6.45) is 14.2. The van der Waals surface area contributed by atoms with Crippen LogP contribution >= 0.6 is 0 Å². The zero-order valence-electron chi connectivity index (χ0n) is 17.1. The maximum Gasteiger partial charge on any atom is 0.240 e. The molecule has 7 heteroatoms. The first-order chi connectivity index (χ1) is 14.3. The highest BCUT2D eigenvalue weighted by Gasteiger charge is 2.36. The van der Waals surface area contributed by atoms with Gasteiger partial charge in [-0.15, -0.1) is 0 Å². The molecule has 5 rings (SSSR count).